The molecule has 1 fully saturated rings. The summed E-state index contributed by atoms with van der Waals surface area (Å²) in [5, 5.41) is 4.80. The van der Waals surface area contributed by atoms with Crippen LogP contribution in [0.4, 0.5) is 0 Å². The number of hydrogen-bond acceptors (Lipinski definition) is 6. The van der Waals surface area contributed by atoms with Crippen LogP contribution in [0.15, 0.2) is 27.7 Å². The molecule has 0 saturated carbocycles. The molecule has 1 saturated heterocycles. The van der Waals surface area contributed by atoms with Crippen LogP contribution in [-0.2, 0) is 0 Å². The van der Waals surface area contributed by atoms with E-state index in [2.05, 4.69) is 28.8 Å². The van der Waals surface area contributed by atoms with E-state index >= 15 is 0 Å². The second kappa shape index (κ2) is 6.40. The summed E-state index contributed by atoms with van der Waals surface area (Å²) in [6.45, 7) is 6.24. The van der Waals surface area contributed by atoms with Gasteiger partial charge in [-0.05, 0) is 25.4 Å². The van der Waals surface area contributed by atoms with Crippen LogP contribution in [0.3, 0.4) is 0 Å². The molecule has 126 valence electrons. The molecule has 0 radical (unpaired) electrons. The van der Waals surface area contributed by atoms with Crippen LogP contribution in [0.25, 0.3) is 20.7 Å². The lowest BCUT2D eigenvalue weighted by Gasteiger charge is -2.35. The first-order valence-corrected chi connectivity index (χ1v) is 9.87. The normalized spacial score (nSPS) is 18.2. The Bertz CT molecular complexity index is 891. The average Bonchev–Trinajstić information content (AvgIpc) is 3.24. The SMILES string of the molecule is C[C@H](c1nc2scc(-c3cccs3)c2c(=O)[nH]1)N1CCN(C)CC1. The van der Waals surface area contributed by atoms with Crippen molar-refractivity contribution in [3.63, 3.8) is 0 Å². The highest BCUT2D eigenvalue weighted by Gasteiger charge is 2.23. The fraction of sp³-hybridized carbons (Fsp3) is 0.412. The fourth-order valence-electron chi connectivity index (χ4n) is 3.16. The Hall–Kier alpha value is -1.54. The van der Waals surface area contributed by atoms with Gasteiger partial charge >= 0.3 is 0 Å². The van der Waals surface area contributed by atoms with Gasteiger partial charge in [0.1, 0.15) is 10.7 Å². The monoisotopic (exact) mass is 360 g/mol. The first-order valence-electron chi connectivity index (χ1n) is 8.11. The number of likely N-dealkylation sites (N-methyl/N-ethyl adjacent to an activating group) is 1. The molecule has 4 heterocycles. The van der Waals surface area contributed by atoms with Crippen molar-refractivity contribution in [1.82, 2.24) is 19.8 Å². The highest BCUT2D eigenvalue weighted by Crippen LogP contribution is 2.34. The van der Waals surface area contributed by atoms with Crippen LogP contribution in [0.1, 0.15) is 18.8 Å². The van der Waals surface area contributed by atoms with E-state index in [0.29, 0.717) is 0 Å². The van der Waals surface area contributed by atoms with Crippen LogP contribution in [0, 0.1) is 0 Å². The second-order valence-corrected chi connectivity index (χ2v) is 8.08. The third-order valence-electron chi connectivity index (χ3n) is 4.73. The smallest absolute Gasteiger partial charge is 0.260 e. The van der Waals surface area contributed by atoms with Gasteiger partial charge < -0.3 is 9.88 Å². The zero-order valence-corrected chi connectivity index (χ0v) is 15.4. The molecule has 1 aliphatic rings. The molecule has 5 nitrogen and oxygen atoms in total. The highest BCUT2D eigenvalue weighted by atomic mass is 32.1. The number of aromatic amines is 1. The maximum absolute atomic E-state index is 12.7. The summed E-state index contributed by atoms with van der Waals surface area (Å²) >= 11 is 3.20. The maximum Gasteiger partial charge on any atom is 0.260 e. The van der Waals surface area contributed by atoms with Crippen LogP contribution < -0.4 is 5.56 Å². The summed E-state index contributed by atoms with van der Waals surface area (Å²) in [5.74, 6) is 0.775. The number of nitrogens with one attached hydrogen (secondary N) is 1. The van der Waals surface area contributed by atoms with Crippen molar-refractivity contribution in [3.05, 3.63) is 39.1 Å². The van der Waals surface area contributed by atoms with Gasteiger partial charge in [0.2, 0.25) is 0 Å². The van der Waals surface area contributed by atoms with E-state index in [1.54, 1.807) is 22.7 Å². The standard InChI is InChI=1S/C17H20N4OS2/c1-11(21-7-5-20(2)6-8-21)15-18-16(22)14-12(10-24-17(14)19-15)13-4-3-9-23-13/h3-4,9-11H,5-8H2,1-2H3,(H,18,19,22)/t11-/m1/s1. The van der Waals surface area contributed by atoms with Crippen LogP contribution in [-0.4, -0.2) is 53.0 Å². The second-order valence-electron chi connectivity index (χ2n) is 6.27. The van der Waals surface area contributed by atoms with Crippen molar-refractivity contribution in [1.29, 1.82) is 0 Å². The van der Waals surface area contributed by atoms with E-state index in [4.69, 9.17) is 4.98 Å². The Morgan fingerprint density at radius 1 is 1.25 bits per heavy atom. The number of aromatic nitrogens is 2. The van der Waals surface area contributed by atoms with Gasteiger partial charge in [0, 0.05) is 42.0 Å². The molecule has 0 amide bonds. The quantitative estimate of drug-likeness (QED) is 0.780. The van der Waals surface area contributed by atoms with Crippen LogP contribution in [0.5, 0.6) is 0 Å². The summed E-state index contributed by atoms with van der Waals surface area (Å²) < 4.78 is 0. The minimum Gasteiger partial charge on any atom is -0.309 e. The topological polar surface area (TPSA) is 52.2 Å². The van der Waals surface area contributed by atoms with E-state index in [-0.39, 0.29) is 11.6 Å². The minimum atomic E-state index is -0.0272. The van der Waals surface area contributed by atoms with Crippen molar-refractivity contribution in [3.8, 4) is 10.4 Å². The van der Waals surface area contributed by atoms with Crippen molar-refractivity contribution in [2.75, 3.05) is 33.2 Å². The molecule has 0 aromatic carbocycles. The van der Waals surface area contributed by atoms with E-state index in [1.165, 1.54) is 0 Å². The summed E-state index contributed by atoms with van der Waals surface area (Å²) in [4.78, 5) is 27.2. The molecule has 1 N–H and O–H groups in total. The molecule has 7 heteroatoms. The highest BCUT2D eigenvalue weighted by molar-refractivity contribution is 7.18. The molecule has 0 aliphatic carbocycles. The third kappa shape index (κ3) is 2.82. The summed E-state index contributed by atoms with van der Waals surface area (Å²) in [7, 11) is 2.14. The molecule has 0 unspecified atom stereocenters. The van der Waals surface area contributed by atoms with Crippen molar-refractivity contribution in [2.45, 2.75) is 13.0 Å². The number of thiophene rings is 2. The van der Waals surface area contributed by atoms with Gasteiger partial charge in [-0.1, -0.05) is 6.07 Å². The molecule has 24 heavy (non-hydrogen) atoms. The van der Waals surface area contributed by atoms with Gasteiger partial charge in [-0.25, -0.2) is 4.98 Å². The lowest BCUT2D eigenvalue weighted by Crippen LogP contribution is -2.45. The molecule has 1 atom stereocenters. The van der Waals surface area contributed by atoms with E-state index < -0.39 is 0 Å². The molecule has 0 spiro atoms. The van der Waals surface area contributed by atoms with Crippen molar-refractivity contribution >= 4 is 32.9 Å². The number of nitrogens with zero attached hydrogens (tertiary/aromatic N) is 3. The Morgan fingerprint density at radius 3 is 2.75 bits per heavy atom. The maximum atomic E-state index is 12.7. The Kier molecular flexibility index (Phi) is 4.26. The zero-order chi connectivity index (χ0) is 16.7. The predicted molar refractivity (Wildman–Crippen MR) is 101 cm³/mol. The number of rotatable bonds is 3. The van der Waals surface area contributed by atoms with Gasteiger partial charge in [-0.2, -0.15) is 0 Å². The lowest BCUT2D eigenvalue weighted by molar-refractivity contribution is 0.115. The Labute approximate surface area is 148 Å². The molecule has 3 aromatic rings. The lowest BCUT2D eigenvalue weighted by atomic mass is 10.2. The molecule has 1 aliphatic heterocycles. The molecule has 3 aromatic heterocycles. The van der Waals surface area contributed by atoms with Crippen molar-refractivity contribution < 1.29 is 0 Å². The average molecular weight is 361 g/mol. The van der Waals surface area contributed by atoms with Gasteiger partial charge in [-0.3, -0.25) is 9.69 Å². The van der Waals surface area contributed by atoms with Gasteiger partial charge in [0.15, 0.2) is 0 Å². The first kappa shape index (κ1) is 16.0. The third-order valence-corrected chi connectivity index (χ3v) is 6.51. The molecular formula is C17H20N4OS2. The van der Waals surface area contributed by atoms with E-state index in [1.807, 2.05) is 22.9 Å². The number of H-pyrrole nitrogens is 1. The van der Waals surface area contributed by atoms with E-state index in [0.717, 1.165) is 52.7 Å². The van der Waals surface area contributed by atoms with Crippen LogP contribution >= 0.6 is 22.7 Å². The molecular weight excluding hydrogens is 340 g/mol. The Morgan fingerprint density at radius 2 is 2.04 bits per heavy atom. The first-order chi connectivity index (χ1) is 11.6. The summed E-state index contributed by atoms with van der Waals surface area (Å²) in [6, 6.07) is 4.18. The zero-order valence-electron chi connectivity index (χ0n) is 13.8. The predicted octanol–water partition coefficient (Wildman–Crippen LogP) is 3.02. The largest absolute Gasteiger partial charge is 0.309 e. The molecule has 0 bridgehead atoms. The number of fused-ring (bicyclic) bond motifs is 1. The van der Waals surface area contributed by atoms with Crippen LogP contribution in [0.2, 0.25) is 0 Å². The summed E-state index contributed by atoms with van der Waals surface area (Å²) in [5.41, 5.74) is 0.971. The molecule has 4 rings (SSSR count). The number of hydrogen-bond donors (Lipinski definition) is 1. The number of piperazine rings is 1. The minimum absolute atomic E-state index is 0.0272. The van der Waals surface area contributed by atoms with Crippen molar-refractivity contribution in [2.24, 2.45) is 0 Å². The van der Waals surface area contributed by atoms with Gasteiger partial charge in [0.05, 0.1) is 11.4 Å². The van der Waals surface area contributed by atoms with Gasteiger partial charge in [0.25, 0.3) is 5.56 Å². The van der Waals surface area contributed by atoms with Gasteiger partial charge in [-0.15, -0.1) is 22.7 Å². The summed E-state index contributed by atoms with van der Waals surface area (Å²) in [6.07, 6.45) is 0. The Balaban J connectivity index is 1.70. The fourth-order valence-corrected chi connectivity index (χ4v) is 4.93. The van der Waals surface area contributed by atoms with E-state index in [9.17, 15) is 4.79 Å².